The van der Waals surface area contributed by atoms with Crippen LogP contribution in [0.3, 0.4) is 0 Å². The van der Waals surface area contributed by atoms with Crippen molar-refractivity contribution in [1.82, 2.24) is 0 Å². The molecule has 4 heterocycles. The number of epoxide rings is 4. The smallest absolute Gasteiger partial charge is 0.310 e. The second kappa shape index (κ2) is 33.9. The van der Waals surface area contributed by atoms with Crippen molar-refractivity contribution in [3.05, 3.63) is 0 Å². The van der Waals surface area contributed by atoms with E-state index in [1.807, 2.05) is 0 Å². The molecular weight excluding hydrogens is 1060 g/mol. The highest BCUT2D eigenvalue weighted by atomic mass is 16.6. The molecule has 4 aliphatic heterocycles. The quantitative estimate of drug-likeness (QED) is 0.0240. The van der Waals surface area contributed by atoms with E-state index in [0.29, 0.717) is 195 Å². The number of hydrogen-bond donors (Lipinski definition) is 0. The summed E-state index contributed by atoms with van der Waals surface area (Å²) >= 11 is 0. The topological polar surface area (TPSA) is 261 Å². The van der Waals surface area contributed by atoms with Gasteiger partial charge >= 0.3 is 47.8 Å². The van der Waals surface area contributed by atoms with E-state index in [2.05, 4.69) is 0 Å². The second-order valence-corrected chi connectivity index (χ2v) is 24.6. The van der Waals surface area contributed by atoms with Crippen molar-refractivity contribution in [1.29, 1.82) is 0 Å². The summed E-state index contributed by atoms with van der Waals surface area (Å²) in [6.45, 7) is 1.55. The van der Waals surface area contributed by atoms with Gasteiger partial charge in [0.05, 0.1) is 126 Å². The van der Waals surface area contributed by atoms with Crippen LogP contribution in [-0.4, -0.2) is 149 Å². The second-order valence-electron chi connectivity index (χ2n) is 24.6. The van der Waals surface area contributed by atoms with Crippen LogP contribution in [0.1, 0.15) is 205 Å². The van der Waals surface area contributed by atoms with Crippen LogP contribution in [0.5, 0.6) is 0 Å². The molecule has 8 fully saturated rings. The molecule has 20 nitrogen and oxygen atoms in total. The summed E-state index contributed by atoms with van der Waals surface area (Å²) < 4.78 is 67.0. The number of fused-ring (bicyclic) bond motifs is 4. The molecule has 0 aromatic carbocycles. The van der Waals surface area contributed by atoms with Gasteiger partial charge in [-0.25, -0.2) is 0 Å². The molecule has 4 saturated heterocycles. The Hall–Kier alpha value is -4.40. The first-order valence-electron chi connectivity index (χ1n) is 31.8. The standard InChI is InChI=1S/C62H94O20/c63-55(75-37-41-19-23-47-51(31-41)79-47)15-7-1-3-11-27-71-59(67)35-45(61(69)73-29-12-4-2-8-16-56(64)76-38-42-20-24-48-52(32-42)80-48)46(62(70)74-30-14-6-10-18-58(66)78-40-44-22-26-50-54(34-44)82-50)36-60(68)72-28-13-5-9-17-57(65)77-39-43-21-25-49-53(33-43)81-49/h41-54H,1-40H2. The molecule has 0 aromatic heterocycles. The summed E-state index contributed by atoms with van der Waals surface area (Å²) in [6, 6.07) is 0. The van der Waals surface area contributed by atoms with E-state index in [4.69, 9.17) is 56.8 Å². The summed E-state index contributed by atoms with van der Waals surface area (Å²) in [5.74, 6) is -5.88. The van der Waals surface area contributed by atoms with E-state index < -0.39 is 48.6 Å². The highest BCUT2D eigenvalue weighted by Crippen LogP contribution is 2.42. The van der Waals surface area contributed by atoms with Crippen molar-refractivity contribution in [3.63, 3.8) is 0 Å². The Kier molecular flexibility index (Phi) is 26.3. The zero-order valence-corrected chi connectivity index (χ0v) is 48.5. The monoisotopic (exact) mass is 1160 g/mol. The van der Waals surface area contributed by atoms with Crippen LogP contribution in [0.2, 0.25) is 0 Å². The van der Waals surface area contributed by atoms with E-state index in [1.165, 1.54) is 0 Å². The number of carbonyl (C=O) groups excluding carboxylic acids is 8. The van der Waals surface area contributed by atoms with Crippen molar-refractivity contribution >= 4 is 47.8 Å². The van der Waals surface area contributed by atoms with Crippen LogP contribution in [0.25, 0.3) is 0 Å². The van der Waals surface area contributed by atoms with E-state index in [0.717, 1.165) is 77.0 Å². The molecule has 20 heteroatoms. The van der Waals surface area contributed by atoms with Crippen LogP contribution in [0, 0.1) is 35.5 Å². The highest BCUT2D eigenvalue weighted by molar-refractivity contribution is 5.88. The molecule has 0 amide bonds. The van der Waals surface area contributed by atoms with Gasteiger partial charge in [-0.2, -0.15) is 0 Å². The molecule has 462 valence electrons. The third kappa shape index (κ3) is 23.6. The molecule has 0 radical (unpaired) electrons. The fraction of sp³-hybridized carbons (Fsp3) is 0.871. The van der Waals surface area contributed by atoms with E-state index in [-0.39, 0.29) is 69.6 Å². The van der Waals surface area contributed by atoms with Gasteiger partial charge in [0.1, 0.15) is 0 Å². The van der Waals surface area contributed by atoms with E-state index in [1.54, 1.807) is 0 Å². The van der Waals surface area contributed by atoms with Crippen molar-refractivity contribution in [2.75, 3.05) is 52.9 Å². The number of carbonyl (C=O) groups is 8. The minimum Gasteiger partial charge on any atom is -0.466 e. The molecule has 14 unspecified atom stereocenters. The number of rotatable bonds is 41. The predicted octanol–water partition coefficient (Wildman–Crippen LogP) is 8.64. The van der Waals surface area contributed by atoms with Gasteiger partial charge < -0.3 is 56.8 Å². The minimum absolute atomic E-state index is 0.00258. The lowest BCUT2D eigenvalue weighted by Gasteiger charge is -2.23. The average Bonchev–Trinajstić information content (AvgIpc) is 4.29. The number of esters is 8. The first kappa shape index (κ1) is 63.6. The van der Waals surface area contributed by atoms with Crippen LogP contribution in [0.15, 0.2) is 0 Å². The van der Waals surface area contributed by atoms with Crippen molar-refractivity contribution in [2.45, 2.75) is 254 Å². The highest BCUT2D eigenvalue weighted by Gasteiger charge is 2.47. The van der Waals surface area contributed by atoms with Crippen molar-refractivity contribution in [2.24, 2.45) is 35.5 Å². The van der Waals surface area contributed by atoms with Crippen molar-refractivity contribution < 1.29 is 95.2 Å². The van der Waals surface area contributed by atoms with E-state index in [9.17, 15) is 38.4 Å². The molecular formula is C62H94O20. The van der Waals surface area contributed by atoms with Gasteiger partial charge in [0.15, 0.2) is 0 Å². The third-order valence-electron chi connectivity index (χ3n) is 17.9. The number of unbranched alkanes of at least 4 members (excludes halogenated alkanes) is 10. The molecule has 0 N–H and O–H groups in total. The summed E-state index contributed by atoms with van der Waals surface area (Å²) in [5, 5.41) is 0. The molecule has 8 rings (SSSR count). The fourth-order valence-corrected chi connectivity index (χ4v) is 12.4. The lowest BCUT2D eigenvalue weighted by molar-refractivity contribution is -0.167. The molecule has 4 aliphatic carbocycles. The Morgan fingerprint density at radius 2 is 0.537 bits per heavy atom. The molecule has 0 bridgehead atoms. The normalized spacial score (nSPS) is 28.6. The maximum atomic E-state index is 14.1. The largest absolute Gasteiger partial charge is 0.466 e. The number of ether oxygens (including phenoxy) is 12. The minimum atomic E-state index is -1.45. The SMILES string of the molecule is O=C(CCCCCCOC(=O)CC(C(=O)OCCCCCCC(=O)OCC1CCC2OC2C1)C(CC(=O)OCCCCCC(=O)OCC1CCC2OC2C1)C(=O)OCCCCCC(=O)OCC1CCC2OC2C1)OCC1CCC2OC2C1. The number of hydrogen-bond acceptors (Lipinski definition) is 20. The Balaban J connectivity index is 0.773. The van der Waals surface area contributed by atoms with Gasteiger partial charge in [0.2, 0.25) is 0 Å². The maximum absolute atomic E-state index is 14.1. The molecule has 82 heavy (non-hydrogen) atoms. The van der Waals surface area contributed by atoms with Gasteiger partial charge in [0, 0.05) is 25.7 Å². The molecule has 8 aliphatic rings. The van der Waals surface area contributed by atoms with Crippen LogP contribution in [0.4, 0.5) is 0 Å². The summed E-state index contributed by atoms with van der Waals surface area (Å²) in [7, 11) is 0. The Bertz CT molecular complexity index is 2060. The van der Waals surface area contributed by atoms with Gasteiger partial charge in [-0.1, -0.05) is 25.7 Å². The summed E-state index contributed by atoms with van der Waals surface area (Å²) in [4.78, 5) is 105. The molecule has 0 spiro atoms. The fourth-order valence-electron chi connectivity index (χ4n) is 12.4. The van der Waals surface area contributed by atoms with Gasteiger partial charge in [-0.15, -0.1) is 0 Å². The van der Waals surface area contributed by atoms with Crippen LogP contribution < -0.4 is 0 Å². The molecule has 0 aromatic rings. The Morgan fingerprint density at radius 1 is 0.280 bits per heavy atom. The van der Waals surface area contributed by atoms with Gasteiger partial charge in [-0.05, 0) is 165 Å². The molecule has 4 saturated carbocycles. The first-order chi connectivity index (χ1) is 39.9. The zero-order chi connectivity index (χ0) is 57.5. The average molecular weight is 1160 g/mol. The first-order valence-corrected chi connectivity index (χ1v) is 31.8. The van der Waals surface area contributed by atoms with Crippen molar-refractivity contribution in [3.8, 4) is 0 Å². The van der Waals surface area contributed by atoms with Crippen LogP contribution >= 0.6 is 0 Å². The van der Waals surface area contributed by atoms with Crippen LogP contribution in [-0.2, 0) is 95.2 Å². The van der Waals surface area contributed by atoms with Gasteiger partial charge in [-0.3, -0.25) is 38.4 Å². The predicted molar refractivity (Wildman–Crippen MR) is 291 cm³/mol. The third-order valence-corrected chi connectivity index (χ3v) is 17.9. The van der Waals surface area contributed by atoms with Gasteiger partial charge in [0.25, 0.3) is 0 Å². The summed E-state index contributed by atoms with van der Waals surface area (Å²) in [5.41, 5.74) is 0. The Morgan fingerprint density at radius 3 is 0.817 bits per heavy atom. The Labute approximate surface area is 484 Å². The summed E-state index contributed by atoms with van der Waals surface area (Å²) in [6.07, 6.45) is 22.3. The lowest BCUT2D eigenvalue weighted by Crippen LogP contribution is -2.36. The lowest BCUT2D eigenvalue weighted by atomic mass is 9.86. The zero-order valence-electron chi connectivity index (χ0n) is 48.5. The molecule has 14 atom stereocenters. The maximum Gasteiger partial charge on any atom is 0.310 e. The van der Waals surface area contributed by atoms with E-state index >= 15 is 0 Å².